The van der Waals surface area contributed by atoms with Crippen LogP contribution in [-0.2, 0) is 16.0 Å². The number of nitrogens with zero attached hydrogens (tertiary/aromatic N) is 1. The largest absolute Gasteiger partial charge is 0.490 e. The molecular weight excluding hydrogens is 306 g/mol. The number of hydrogen-bond donors (Lipinski definition) is 0. The molecule has 3 rings (SSSR count). The highest BCUT2D eigenvalue weighted by Gasteiger charge is 2.38. The molecule has 0 spiro atoms. The molecule has 0 saturated heterocycles. The Morgan fingerprint density at radius 3 is 2.38 bits per heavy atom. The van der Waals surface area contributed by atoms with Crippen LogP contribution in [0.2, 0.25) is 0 Å². The number of hydrogen-bond acceptors (Lipinski definition) is 4. The maximum atomic E-state index is 12.0. The van der Waals surface area contributed by atoms with E-state index in [9.17, 15) is 9.59 Å². The average molecular weight is 329 g/mol. The number of rotatable bonds is 7. The first-order chi connectivity index (χ1) is 11.7. The van der Waals surface area contributed by atoms with E-state index in [0.29, 0.717) is 13.2 Å². The van der Waals surface area contributed by atoms with E-state index in [2.05, 4.69) is 13.8 Å². The molecule has 0 unspecified atom stereocenters. The first-order valence-corrected chi connectivity index (χ1v) is 8.64. The topological polar surface area (TPSA) is 55.8 Å². The Hall–Kier alpha value is -2.30. The van der Waals surface area contributed by atoms with Gasteiger partial charge < -0.3 is 9.47 Å². The van der Waals surface area contributed by atoms with Crippen LogP contribution in [0, 0.1) is 0 Å². The van der Waals surface area contributed by atoms with Gasteiger partial charge in [-0.1, -0.05) is 19.9 Å². The summed E-state index contributed by atoms with van der Waals surface area (Å²) in [6, 6.07) is 3.66. The van der Waals surface area contributed by atoms with E-state index < -0.39 is 0 Å². The molecule has 1 aromatic rings. The first-order valence-electron chi connectivity index (χ1n) is 8.64. The van der Waals surface area contributed by atoms with Crippen LogP contribution in [0.15, 0.2) is 24.3 Å². The lowest BCUT2D eigenvalue weighted by molar-refractivity contribution is -0.139. The van der Waals surface area contributed by atoms with Crippen LogP contribution in [-0.4, -0.2) is 29.9 Å². The summed E-state index contributed by atoms with van der Waals surface area (Å²) >= 11 is 0. The summed E-state index contributed by atoms with van der Waals surface area (Å²) in [6.45, 7) is 5.38. The van der Waals surface area contributed by atoms with Crippen LogP contribution in [0.1, 0.15) is 50.3 Å². The van der Waals surface area contributed by atoms with Crippen molar-refractivity contribution in [3.05, 3.63) is 35.4 Å². The lowest BCUT2D eigenvalue weighted by Crippen LogP contribution is -2.33. The van der Waals surface area contributed by atoms with Gasteiger partial charge in [0, 0.05) is 17.7 Å². The van der Waals surface area contributed by atoms with Crippen LogP contribution in [0.4, 0.5) is 0 Å². The van der Waals surface area contributed by atoms with Crippen molar-refractivity contribution in [2.75, 3.05) is 13.2 Å². The quantitative estimate of drug-likeness (QED) is 0.721. The fraction of sp³-hybridized carbons (Fsp3) is 0.474. The summed E-state index contributed by atoms with van der Waals surface area (Å²) < 4.78 is 11.8. The monoisotopic (exact) mass is 329 g/mol. The van der Waals surface area contributed by atoms with Crippen molar-refractivity contribution in [3.63, 3.8) is 0 Å². The number of imide groups is 1. The summed E-state index contributed by atoms with van der Waals surface area (Å²) in [4.78, 5) is 25.4. The summed E-state index contributed by atoms with van der Waals surface area (Å²) in [6.07, 6.45) is 6.03. The van der Waals surface area contributed by atoms with Gasteiger partial charge in [0.05, 0.1) is 19.3 Å². The SMILES string of the molecule is CCCOc1ccc2c(c1OCCC)CC[C@@H]2N1C(=O)C=CC1=O. The Bertz CT molecular complexity index is 662. The molecule has 5 nitrogen and oxygen atoms in total. The van der Waals surface area contributed by atoms with Crippen molar-refractivity contribution in [2.45, 2.75) is 45.6 Å². The lowest BCUT2D eigenvalue weighted by atomic mass is 10.1. The molecule has 1 atom stereocenters. The molecule has 1 heterocycles. The third kappa shape index (κ3) is 2.90. The molecule has 0 aromatic heterocycles. The van der Waals surface area contributed by atoms with Gasteiger partial charge in [0.2, 0.25) is 0 Å². The van der Waals surface area contributed by atoms with Crippen LogP contribution in [0.3, 0.4) is 0 Å². The van der Waals surface area contributed by atoms with Crippen molar-refractivity contribution in [1.29, 1.82) is 0 Å². The molecular formula is C19H23NO4. The Morgan fingerprint density at radius 1 is 1.04 bits per heavy atom. The van der Waals surface area contributed by atoms with Gasteiger partial charge in [-0.05, 0) is 37.3 Å². The molecule has 1 aromatic carbocycles. The standard InChI is InChI=1S/C19H23NO4/c1-3-11-23-16-8-6-13-14(19(16)24-12-4-2)5-7-15(13)20-17(21)9-10-18(20)22/h6,8-10,15H,3-5,7,11-12H2,1-2H3/t15-/m0/s1. The highest BCUT2D eigenvalue weighted by Crippen LogP contribution is 2.45. The number of carbonyl (C=O) groups excluding carboxylic acids is 2. The summed E-state index contributed by atoms with van der Waals surface area (Å²) in [5, 5.41) is 0. The highest BCUT2D eigenvalue weighted by molar-refractivity contribution is 6.13. The Kier molecular flexibility index (Phi) is 4.88. The van der Waals surface area contributed by atoms with Crippen molar-refractivity contribution in [2.24, 2.45) is 0 Å². The molecule has 2 aliphatic rings. The molecule has 1 aliphatic carbocycles. The fourth-order valence-corrected chi connectivity index (χ4v) is 3.30. The van der Waals surface area contributed by atoms with Crippen molar-refractivity contribution in [1.82, 2.24) is 4.90 Å². The van der Waals surface area contributed by atoms with Crippen LogP contribution in [0.5, 0.6) is 11.5 Å². The van der Waals surface area contributed by atoms with E-state index in [4.69, 9.17) is 9.47 Å². The van der Waals surface area contributed by atoms with Gasteiger partial charge in [-0.25, -0.2) is 0 Å². The second-order valence-corrected chi connectivity index (χ2v) is 6.09. The third-order valence-corrected chi connectivity index (χ3v) is 4.35. The van der Waals surface area contributed by atoms with Gasteiger partial charge in [0.15, 0.2) is 11.5 Å². The minimum Gasteiger partial charge on any atom is -0.490 e. The van der Waals surface area contributed by atoms with Gasteiger partial charge in [-0.3, -0.25) is 14.5 Å². The van der Waals surface area contributed by atoms with E-state index in [0.717, 1.165) is 48.3 Å². The molecule has 0 bridgehead atoms. The van der Waals surface area contributed by atoms with Gasteiger partial charge in [-0.2, -0.15) is 0 Å². The maximum absolute atomic E-state index is 12.0. The zero-order valence-electron chi connectivity index (χ0n) is 14.2. The summed E-state index contributed by atoms with van der Waals surface area (Å²) in [7, 11) is 0. The molecule has 128 valence electrons. The zero-order valence-corrected chi connectivity index (χ0v) is 14.2. The molecule has 0 radical (unpaired) electrons. The Labute approximate surface area is 142 Å². The van der Waals surface area contributed by atoms with E-state index in [1.54, 1.807) is 0 Å². The molecule has 1 aliphatic heterocycles. The van der Waals surface area contributed by atoms with Crippen molar-refractivity contribution < 1.29 is 19.1 Å². The minimum atomic E-state index is -0.236. The number of ether oxygens (including phenoxy) is 2. The molecule has 0 fully saturated rings. The van der Waals surface area contributed by atoms with Gasteiger partial charge in [-0.15, -0.1) is 0 Å². The zero-order chi connectivity index (χ0) is 17.1. The van der Waals surface area contributed by atoms with Crippen LogP contribution < -0.4 is 9.47 Å². The average Bonchev–Trinajstić information content (AvgIpc) is 3.14. The predicted octanol–water partition coefficient (Wildman–Crippen LogP) is 3.18. The van der Waals surface area contributed by atoms with Gasteiger partial charge in [0.1, 0.15) is 0 Å². The maximum Gasteiger partial charge on any atom is 0.254 e. The summed E-state index contributed by atoms with van der Waals surface area (Å²) in [5.41, 5.74) is 2.06. The number of benzene rings is 1. The molecule has 5 heteroatoms. The number of fused-ring (bicyclic) bond motifs is 1. The fourth-order valence-electron chi connectivity index (χ4n) is 3.30. The molecule has 2 amide bonds. The minimum absolute atomic E-state index is 0.209. The normalized spacial score (nSPS) is 19.1. The summed E-state index contributed by atoms with van der Waals surface area (Å²) in [5.74, 6) is 1.06. The highest BCUT2D eigenvalue weighted by atomic mass is 16.5. The number of carbonyl (C=O) groups is 2. The van der Waals surface area contributed by atoms with Gasteiger partial charge >= 0.3 is 0 Å². The second-order valence-electron chi connectivity index (χ2n) is 6.09. The third-order valence-electron chi connectivity index (χ3n) is 4.35. The Balaban J connectivity index is 1.94. The van der Waals surface area contributed by atoms with Crippen LogP contribution in [0.25, 0.3) is 0 Å². The smallest absolute Gasteiger partial charge is 0.254 e. The molecule has 24 heavy (non-hydrogen) atoms. The van der Waals surface area contributed by atoms with E-state index in [1.807, 2.05) is 12.1 Å². The number of amides is 2. The predicted molar refractivity (Wildman–Crippen MR) is 90.1 cm³/mol. The van der Waals surface area contributed by atoms with Crippen molar-refractivity contribution in [3.8, 4) is 11.5 Å². The van der Waals surface area contributed by atoms with Gasteiger partial charge in [0.25, 0.3) is 11.8 Å². The van der Waals surface area contributed by atoms with E-state index >= 15 is 0 Å². The molecule has 0 saturated carbocycles. The second kappa shape index (κ2) is 7.07. The van der Waals surface area contributed by atoms with Crippen LogP contribution >= 0.6 is 0 Å². The molecule has 0 N–H and O–H groups in total. The lowest BCUT2D eigenvalue weighted by Gasteiger charge is -2.23. The first kappa shape index (κ1) is 16.6. The Morgan fingerprint density at radius 2 is 1.71 bits per heavy atom. The van der Waals surface area contributed by atoms with E-state index in [-0.39, 0.29) is 17.9 Å². The van der Waals surface area contributed by atoms with Crippen molar-refractivity contribution >= 4 is 11.8 Å². The van der Waals surface area contributed by atoms with E-state index in [1.165, 1.54) is 17.1 Å².